The highest BCUT2D eigenvalue weighted by Gasteiger charge is 2.40. The van der Waals surface area contributed by atoms with E-state index < -0.39 is 5.60 Å². The summed E-state index contributed by atoms with van der Waals surface area (Å²) in [7, 11) is 3.83. The molecule has 152 valence electrons. The van der Waals surface area contributed by atoms with E-state index in [-0.39, 0.29) is 30.3 Å². The minimum Gasteiger partial charge on any atom is -0.460 e. The van der Waals surface area contributed by atoms with E-state index in [4.69, 9.17) is 4.42 Å². The topological polar surface area (TPSA) is 115 Å². The zero-order valence-corrected chi connectivity index (χ0v) is 16.5. The summed E-state index contributed by atoms with van der Waals surface area (Å²) in [6, 6.07) is 5.30. The zero-order valence-electron chi connectivity index (χ0n) is 16.5. The molecule has 0 aliphatic carbocycles. The maximum absolute atomic E-state index is 12.7. The number of amides is 2. The average molecular weight is 389 g/mol. The lowest BCUT2D eigenvalue weighted by atomic mass is 9.90. The second-order valence-electron chi connectivity index (χ2n) is 7.46. The SMILES string of the molecule is Cc1ccc(-c2cc(C(=O)N3CCC(O)(C(=O)NCCN(C)C)CC3)n[nH]2)o1. The summed E-state index contributed by atoms with van der Waals surface area (Å²) in [5, 5.41) is 20.3. The molecule has 3 N–H and O–H groups in total. The van der Waals surface area contributed by atoms with Crippen molar-refractivity contribution in [1.29, 1.82) is 0 Å². The molecular formula is C19H27N5O4. The van der Waals surface area contributed by atoms with Gasteiger partial charge in [0.15, 0.2) is 11.5 Å². The number of carbonyl (C=O) groups excluding carboxylic acids is 2. The summed E-state index contributed by atoms with van der Waals surface area (Å²) < 4.78 is 5.53. The number of piperidine rings is 1. The first kappa shape index (κ1) is 20.1. The Balaban J connectivity index is 1.56. The third kappa shape index (κ3) is 4.42. The van der Waals surface area contributed by atoms with Crippen LogP contribution in [0, 0.1) is 6.92 Å². The molecule has 9 nitrogen and oxygen atoms in total. The predicted octanol–water partition coefficient (Wildman–Crippen LogP) is 0.623. The number of aryl methyl sites for hydroxylation is 1. The number of aromatic nitrogens is 2. The second-order valence-corrected chi connectivity index (χ2v) is 7.46. The molecule has 3 rings (SSSR count). The third-order valence-corrected chi connectivity index (χ3v) is 4.95. The quantitative estimate of drug-likeness (QED) is 0.667. The Morgan fingerprint density at radius 1 is 1.36 bits per heavy atom. The number of aliphatic hydroxyl groups is 1. The van der Waals surface area contributed by atoms with Crippen molar-refractivity contribution in [3.05, 3.63) is 29.7 Å². The van der Waals surface area contributed by atoms with Crippen molar-refractivity contribution in [2.45, 2.75) is 25.4 Å². The van der Waals surface area contributed by atoms with Crippen LogP contribution in [0.25, 0.3) is 11.5 Å². The molecule has 0 spiro atoms. The van der Waals surface area contributed by atoms with E-state index in [1.54, 1.807) is 11.0 Å². The first-order valence-electron chi connectivity index (χ1n) is 9.35. The fourth-order valence-corrected chi connectivity index (χ4v) is 3.16. The van der Waals surface area contributed by atoms with Gasteiger partial charge in [0.05, 0.1) is 0 Å². The molecule has 0 radical (unpaired) electrons. The fraction of sp³-hybridized carbons (Fsp3) is 0.526. The molecule has 1 aliphatic heterocycles. The first-order chi connectivity index (χ1) is 13.3. The van der Waals surface area contributed by atoms with E-state index in [9.17, 15) is 14.7 Å². The number of aromatic amines is 1. The molecule has 2 amide bonds. The van der Waals surface area contributed by atoms with Crippen molar-refractivity contribution in [1.82, 2.24) is 25.3 Å². The van der Waals surface area contributed by atoms with Gasteiger partial charge >= 0.3 is 0 Å². The number of rotatable bonds is 6. The Morgan fingerprint density at radius 2 is 2.07 bits per heavy atom. The smallest absolute Gasteiger partial charge is 0.274 e. The molecule has 28 heavy (non-hydrogen) atoms. The van der Waals surface area contributed by atoms with Gasteiger partial charge in [0, 0.05) is 45.1 Å². The molecule has 1 saturated heterocycles. The standard InChI is InChI=1S/C19H27N5O4/c1-13-4-5-16(28-13)14-12-15(22-21-14)17(25)24-9-6-19(27,7-10-24)18(26)20-8-11-23(2)3/h4-5,12,27H,6-11H2,1-3H3,(H,20,26)(H,21,22). The lowest BCUT2D eigenvalue weighted by molar-refractivity contribution is -0.144. The first-order valence-corrected chi connectivity index (χ1v) is 9.35. The molecule has 0 bridgehead atoms. The van der Waals surface area contributed by atoms with Gasteiger partial charge in [0.1, 0.15) is 17.1 Å². The molecule has 3 heterocycles. The highest BCUT2D eigenvalue weighted by Crippen LogP contribution is 2.25. The fourth-order valence-electron chi connectivity index (χ4n) is 3.16. The van der Waals surface area contributed by atoms with Crippen molar-refractivity contribution < 1.29 is 19.1 Å². The molecule has 9 heteroatoms. The summed E-state index contributed by atoms with van der Waals surface area (Å²) in [5.74, 6) is 0.778. The van der Waals surface area contributed by atoms with Crippen LogP contribution in [0.2, 0.25) is 0 Å². The van der Waals surface area contributed by atoms with Gasteiger partial charge in [-0.1, -0.05) is 0 Å². The number of carbonyl (C=O) groups is 2. The summed E-state index contributed by atoms with van der Waals surface area (Å²) in [6.07, 6.45) is 0.391. The van der Waals surface area contributed by atoms with Crippen molar-refractivity contribution in [2.75, 3.05) is 40.3 Å². The van der Waals surface area contributed by atoms with Gasteiger partial charge in [-0.25, -0.2) is 0 Å². The Hall–Kier alpha value is -2.65. The van der Waals surface area contributed by atoms with Crippen LogP contribution in [0.1, 0.15) is 29.1 Å². The Bertz CT molecular complexity index is 833. The molecule has 0 atom stereocenters. The normalized spacial score (nSPS) is 16.4. The number of nitrogens with zero attached hydrogens (tertiary/aromatic N) is 3. The molecule has 1 fully saturated rings. The number of H-pyrrole nitrogens is 1. The monoisotopic (exact) mass is 389 g/mol. The molecule has 0 aromatic carbocycles. The van der Waals surface area contributed by atoms with Crippen LogP contribution < -0.4 is 5.32 Å². The summed E-state index contributed by atoms with van der Waals surface area (Å²) in [5.41, 5.74) is -0.527. The Morgan fingerprint density at radius 3 is 2.68 bits per heavy atom. The zero-order chi connectivity index (χ0) is 20.3. The van der Waals surface area contributed by atoms with Crippen LogP contribution in [0.4, 0.5) is 0 Å². The van der Waals surface area contributed by atoms with Crippen LogP contribution in [0.15, 0.2) is 22.6 Å². The highest BCUT2D eigenvalue weighted by atomic mass is 16.3. The minimum absolute atomic E-state index is 0.196. The Labute approximate surface area is 163 Å². The summed E-state index contributed by atoms with van der Waals surface area (Å²) in [4.78, 5) is 28.6. The van der Waals surface area contributed by atoms with Gasteiger partial charge in [-0.05, 0) is 33.2 Å². The van der Waals surface area contributed by atoms with Gasteiger partial charge in [-0.2, -0.15) is 5.10 Å². The lowest BCUT2D eigenvalue weighted by Gasteiger charge is -2.36. The van der Waals surface area contributed by atoms with Crippen LogP contribution in [0.5, 0.6) is 0 Å². The van der Waals surface area contributed by atoms with E-state index in [0.717, 1.165) is 5.76 Å². The van der Waals surface area contributed by atoms with Crippen LogP contribution >= 0.6 is 0 Å². The lowest BCUT2D eigenvalue weighted by Crippen LogP contribution is -2.55. The summed E-state index contributed by atoms with van der Waals surface area (Å²) in [6.45, 7) is 3.59. The van der Waals surface area contributed by atoms with Gasteiger partial charge < -0.3 is 24.6 Å². The highest BCUT2D eigenvalue weighted by molar-refractivity contribution is 5.93. The van der Waals surface area contributed by atoms with Crippen LogP contribution in [0.3, 0.4) is 0 Å². The van der Waals surface area contributed by atoms with Crippen LogP contribution in [-0.2, 0) is 4.79 Å². The van der Waals surface area contributed by atoms with Crippen molar-refractivity contribution in [3.8, 4) is 11.5 Å². The largest absolute Gasteiger partial charge is 0.460 e. The maximum atomic E-state index is 12.7. The molecule has 0 unspecified atom stereocenters. The molecular weight excluding hydrogens is 362 g/mol. The maximum Gasteiger partial charge on any atom is 0.274 e. The van der Waals surface area contributed by atoms with E-state index in [1.807, 2.05) is 38.1 Å². The predicted molar refractivity (Wildman–Crippen MR) is 103 cm³/mol. The summed E-state index contributed by atoms with van der Waals surface area (Å²) >= 11 is 0. The van der Waals surface area contributed by atoms with Gasteiger partial charge in [0.25, 0.3) is 11.8 Å². The van der Waals surface area contributed by atoms with E-state index in [1.165, 1.54) is 0 Å². The Kier molecular flexibility index (Phi) is 5.85. The van der Waals surface area contributed by atoms with E-state index in [0.29, 0.717) is 37.6 Å². The van der Waals surface area contributed by atoms with E-state index in [2.05, 4.69) is 15.5 Å². The number of furan rings is 1. The number of hydrogen-bond acceptors (Lipinski definition) is 6. The molecule has 1 aliphatic rings. The molecule has 0 saturated carbocycles. The second kappa shape index (κ2) is 8.15. The third-order valence-electron chi connectivity index (χ3n) is 4.95. The van der Waals surface area contributed by atoms with E-state index >= 15 is 0 Å². The van der Waals surface area contributed by atoms with Gasteiger partial charge in [0.2, 0.25) is 0 Å². The number of likely N-dealkylation sites (N-methyl/N-ethyl adjacent to an activating group) is 1. The van der Waals surface area contributed by atoms with Gasteiger partial charge in [-0.3, -0.25) is 14.7 Å². The molecule has 2 aromatic heterocycles. The number of likely N-dealkylation sites (tertiary alicyclic amines) is 1. The van der Waals surface area contributed by atoms with Crippen molar-refractivity contribution in [2.24, 2.45) is 0 Å². The average Bonchev–Trinajstić information content (AvgIpc) is 3.30. The molecule has 2 aromatic rings. The van der Waals surface area contributed by atoms with Crippen molar-refractivity contribution in [3.63, 3.8) is 0 Å². The van der Waals surface area contributed by atoms with Crippen molar-refractivity contribution >= 4 is 11.8 Å². The van der Waals surface area contributed by atoms with Gasteiger partial charge in [-0.15, -0.1) is 0 Å². The van der Waals surface area contributed by atoms with Crippen LogP contribution in [-0.4, -0.2) is 82.8 Å². The number of nitrogens with one attached hydrogen (secondary N) is 2. The number of hydrogen-bond donors (Lipinski definition) is 3. The minimum atomic E-state index is -1.44.